The van der Waals surface area contributed by atoms with Crippen LogP contribution in [0.2, 0.25) is 0 Å². The highest BCUT2D eigenvalue weighted by Gasteiger charge is 2.17. The Hall–Kier alpha value is -3.54. The van der Waals surface area contributed by atoms with E-state index in [2.05, 4.69) is 10.3 Å². The zero-order chi connectivity index (χ0) is 20.3. The van der Waals surface area contributed by atoms with Crippen LogP contribution < -0.4 is 21.5 Å². The Morgan fingerprint density at radius 2 is 1.89 bits per heavy atom. The Balaban J connectivity index is 2.05. The number of para-hydroxylation sites is 1. The molecule has 0 fully saturated rings. The molecule has 2 aromatic carbocycles. The number of amidine groups is 1. The van der Waals surface area contributed by atoms with Crippen molar-refractivity contribution in [2.45, 2.75) is 26.9 Å². The van der Waals surface area contributed by atoms with Gasteiger partial charge in [-0.3, -0.25) is 5.41 Å². The molecule has 0 aliphatic heterocycles. The number of nitrogen functional groups attached to an aromatic ring is 2. The summed E-state index contributed by atoms with van der Waals surface area (Å²) in [6.07, 6.45) is 1.74. The Morgan fingerprint density at radius 3 is 2.57 bits per heavy atom. The number of nitrogens with zero attached hydrogens (tertiary/aromatic N) is 1. The summed E-state index contributed by atoms with van der Waals surface area (Å²) in [5.41, 5.74) is 16.5. The average molecular weight is 375 g/mol. The lowest BCUT2D eigenvalue weighted by molar-refractivity contribution is 0.242. The van der Waals surface area contributed by atoms with E-state index in [-0.39, 0.29) is 11.9 Å². The summed E-state index contributed by atoms with van der Waals surface area (Å²) in [5.74, 6) is 1.10. The van der Waals surface area contributed by atoms with Crippen molar-refractivity contribution in [1.82, 2.24) is 4.98 Å². The van der Waals surface area contributed by atoms with Gasteiger partial charge in [0, 0.05) is 17.4 Å². The second kappa shape index (κ2) is 8.00. The number of nitrogens with one attached hydrogen (secondary N) is 2. The van der Waals surface area contributed by atoms with Gasteiger partial charge in [0.2, 0.25) is 0 Å². The number of pyridine rings is 1. The van der Waals surface area contributed by atoms with E-state index in [1.807, 2.05) is 69.3 Å². The van der Waals surface area contributed by atoms with E-state index in [1.54, 1.807) is 6.20 Å². The van der Waals surface area contributed by atoms with Gasteiger partial charge in [0.25, 0.3) is 0 Å². The van der Waals surface area contributed by atoms with Crippen molar-refractivity contribution < 1.29 is 4.74 Å². The Labute approximate surface area is 165 Å². The summed E-state index contributed by atoms with van der Waals surface area (Å²) in [4.78, 5) is 4.50. The van der Waals surface area contributed by atoms with Crippen LogP contribution >= 0.6 is 0 Å². The summed E-state index contributed by atoms with van der Waals surface area (Å²) >= 11 is 0. The van der Waals surface area contributed by atoms with Crippen LogP contribution in [0, 0.1) is 12.3 Å². The fourth-order valence-corrected chi connectivity index (χ4v) is 2.99. The van der Waals surface area contributed by atoms with Crippen molar-refractivity contribution >= 4 is 23.0 Å². The van der Waals surface area contributed by atoms with Crippen molar-refractivity contribution in [2.24, 2.45) is 5.73 Å². The molecule has 6 heteroatoms. The fraction of sp³-hybridized carbons (Fsp3) is 0.182. The minimum atomic E-state index is -0.113. The lowest BCUT2D eigenvalue weighted by Gasteiger charge is -2.17. The Morgan fingerprint density at radius 1 is 1.14 bits per heavy atom. The van der Waals surface area contributed by atoms with Crippen LogP contribution in [-0.2, 0) is 0 Å². The summed E-state index contributed by atoms with van der Waals surface area (Å²) in [6.45, 7) is 5.94. The van der Waals surface area contributed by atoms with Gasteiger partial charge >= 0.3 is 0 Å². The molecule has 0 spiro atoms. The zero-order valence-corrected chi connectivity index (χ0v) is 16.3. The number of aromatic nitrogens is 1. The molecule has 6 N–H and O–H groups in total. The van der Waals surface area contributed by atoms with Crippen LogP contribution in [0.4, 0.5) is 17.2 Å². The number of ether oxygens (including phenoxy) is 1. The number of rotatable bonds is 6. The van der Waals surface area contributed by atoms with Gasteiger partial charge in [0.15, 0.2) is 5.82 Å². The number of nitrogens with two attached hydrogens (primary N) is 2. The van der Waals surface area contributed by atoms with E-state index < -0.39 is 0 Å². The maximum Gasteiger partial charge on any atom is 0.154 e. The highest BCUT2D eigenvalue weighted by molar-refractivity contribution is 6.08. The van der Waals surface area contributed by atoms with Crippen molar-refractivity contribution in [3.63, 3.8) is 0 Å². The zero-order valence-electron chi connectivity index (χ0n) is 16.3. The molecule has 0 saturated heterocycles. The van der Waals surface area contributed by atoms with Crippen molar-refractivity contribution in [2.75, 3.05) is 11.1 Å². The lowest BCUT2D eigenvalue weighted by atomic mass is 9.99. The fourth-order valence-electron chi connectivity index (χ4n) is 2.99. The summed E-state index contributed by atoms with van der Waals surface area (Å²) in [7, 11) is 0. The van der Waals surface area contributed by atoms with Gasteiger partial charge in [-0.2, -0.15) is 0 Å². The van der Waals surface area contributed by atoms with Crippen LogP contribution in [0.15, 0.2) is 54.7 Å². The first-order chi connectivity index (χ1) is 13.4. The van der Waals surface area contributed by atoms with E-state index in [1.165, 1.54) is 0 Å². The topological polar surface area (TPSA) is 110 Å². The Kier molecular flexibility index (Phi) is 5.49. The molecule has 0 amide bonds. The number of anilines is 3. The molecule has 3 rings (SSSR count). The van der Waals surface area contributed by atoms with Crippen LogP contribution in [0.25, 0.3) is 11.1 Å². The number of hydrogen-bond donors (Lipinski definition) is 4. The molecule has 6 nitrogen and oxygen atoms in total. The van der Waals surface area contributed by atoms with Gasteiger partial charge in [-0.05, 0) is 50.1 Å². The van der Waals surface area contributed by atoms with E-state index in [4.69, 9.17) is 21.6 Å². The normalized spacial score (nSPS) is 10.7. The quantitative estimate of drug-likeness (QED) is 0.376. The number of hydrogen-bond acceptors (Lipinski definition) is 5. The van der Waals surface area contributed by atoms with E-state index in [9.17, 15) is 0 Å². The molecule has 0 unspecified atom stereocenters. The molecule has 3 aromatic rings. The van der Waals surface area contributed by atoms with Crippen LogP contribution in [0.1, 0.15) is 25.0 Å². The van der Waals surface area contributed by atoms with E-state index in [0.717, 1.165) is 22.6 Å². The molecular formula is C22H25N5O. The first kappa shape index (κ1) is 19.2. The first-order valence-electron chi connectivity index (χ1n) is 9.09. The smallest absolute Gasteiger partial charge is 0.154 e. The third-order valence-corrected chi connectivity index (χ3v) is 4.30. The van der Waals surface area contributed by atoms with Gasteiger partial charge in [0.05, 0.1) is 17.4 Å². The maximum absolute atomic E-state index is 8.06. The third-order valence-electron chi connectivity index (χ3n) is 4.30. The molecule has 0 atom stereocenters. The molecule has 0 radical (unpaired) electrons. The Bertz CT molecular complexity index is 1010. The first-order valence-corrected chi connectivity index (χ1v) is 9.09. The molecule has 0 aliphatic rings. The van der Waals surface area contributed by atoms with Crippen molar-refractivity contribution in [3.05, 3.63) is 65.9 Å². The van der Waals surface area contributed by atoms with Crippen molar-refractivity contribution in [1.29, 1.82) is 5.41 Å². The minimum Gasteiger partial charge on any atom is -0.491 e. The largest absolute Gasteiger partial charge is 0.491 e. The van der Waals surface area contributed by atoms with Gasteiger partial charge in [0.1, 0.15) is 11.6 Å². The maximum atomic E-state index is 8.06. The standard InChI is InChI=1S/C22H25N5O/c1-13(2)28-16-9-6-8-15(11-16)17-12-26-22(20(23)19(17)21(24)25)27-18-10-5-4-7-14(18)3/h4-13H,23H2,1-3H3,(H3,24,25)(H,26,27). The monoisotopic (exact) mass is 375 g/mol. The molecule has 0 saturated carbocycles. The van der Waals surface area contributed by atoms with E-state index >= 15 is 0 Å². The predicted octanol–water partition coefficient (Wildman–Crippen LogP) is 4.45. The highest BCUT2D eigenvalue weighted by atomic mass is 16.5. The molecule has 0 bridgehead atoms. The number of benzene rings is 2. The third kappa shape index (κ3) is 4.06. The minimum absolute atomic E-state index is 0.0615. The van der Waals surface area contributed by atoms with Gasteiger partial charge in [-0.25, -0.2) is 4.98 Å². The highest BCUT2D eigenvalue weighted by Crippen LogP contribution is 2.34. The SMILES string of the molecule is Cc1ccccc1Nc1ncc(-c2cccc(OC(C)C)c2)c(C(=N)N)c1N. The summed E-state index contributed by atoms with van der Waals surface area (Å²) in [6, 6.07) is 15.5. The predicted molar refractivity (Wildman–Crippen MR) is 115 cm³/mol. The van der Waals surface area contributed by atoms with Crippen LogP contribution in [0.5, 0.6) is 5.75 Å². The molecule has 0 aliphatic carbocycles. The second-order valence-electron chi connectivity index (χ2n) is 6.86. The summed E-state index contributed by atoms with van der Waals surface area (Å²) < 4.78 is 5.77. The van der Waals surface area contributed by atoms with Crippen molar-refractivity contribution in [3.8, 4) is 16.9 Å². The van der Waals surface area contributed by atoms with E-state index in [0.29, 0.717) is 22.6 Å². The molecule has 1 heterocycles. The molecule has 1 aromatic heterocycles. The van der Waals surface area contributed by atoms with Gasteiger partial charge in [-0.1, -0.05) is 30.3 Å². The second-order valence-corrected chi connectivity index (χ2v) is 6.86. The number of aryl methyl sites for hydroxylation is 1. The van der Waals surface area contributed by atoms with Crippen LogP contribution in [0.3, 0.4) is 0 Å². The summed E-state index contributed by atoms with van der Waals surface area (Å²) in [5, 5.41) is 11.3. The van der Waals surface area contributed by atoms with Crippen LogP contribution in [-0.4, -0.2) is 16.9 Å². The molecular weight excluding hydrogens is 350 g/mol. The van der Waals surface area contributed by atoms with Gasteiger partial charge < -0.3 is 21.5 Å². The lowest BCUT2D eigenvalue weighted by Crippen LogP contribution is -2.17. The average Bonchev–Trinajstić information content (AvgIpc) is 2.64. The molecule has 28 heavy (non-hydrogen) atoms. The molecule has 144 valence electrons. The van der Waals surface area contributed by atoms with Gasteiger partial charge in [-0.15, -0.1) is 0 Å².